The summed E-state index contributed by atoms with van der Waals surface area (Å²) in [7, 11) is 2.10. The maximum absolute atomic E-state index is 12.6. The van der Waals surface area contributed by atoms with Crippen molar-refractivity contribution < 1.29 is 4.79 Å². The summed E-state index contributed by atoms with van der Waals surface area (Å²) in [5.74, 6) is 0.141. The molecule has 0 saturated carbocycles. The summed E-state index contributed by atoms with van der Waals surface area (Å²) >= 11 is 0. The van der Waals surface area contributed by atoms with Crippen LogP contribution in [-0.4, -0.2) is 48.9 Å². The Labute approximate surface area is 151 Å². The van der Waals surface area contributed by atoms with Crippen LogP contribution in [0.3, 0.4) is 0 Å². The normalized spacial score (nSPS) is 16.1. The Balaban J connectivity index is 1.73. The lowest BCUT2D eigenvalue weighted by molar-refractivity contribution is 0.0664. The Morgan fingerprint density at radius 3 is 1.76 bits per heavy atom. The molecule has 1 aliphatic heterocycles. The summed E-state index contributed by atoms with van der Waals surface area (Å²) in [6.45, 7) is 10.2. The number of rotatable bonds is 2. The van der Waals surface area contributed by atoms with E-state index in [4.69, 9.17) is 0 Å². The molecule has 0 aromatic heterocycles. The van der Waals surface area contributed by atoms with Crippen molar-refractivity contribution in [3.63, 3.8) is 0 Å². The van der Waals surface area contributed by atoms with E-state index in [1.54, 1.807) is 0 Å². The highest BCUT2D eigenvalue weighted by Gasteiger charge is 2.20. The number of piperazine rings is 1. The Morgan fingerprint density at radius 1 is 0.800 bits per heavy atom. The van der Waals surface area contributed by atoms with Crippen LogP contribution in [0.2, 0.25) is 0 Å². The Morgan fingerprint density at radius 2 is 1.28 bits per heavy atom. The van der Waals surface area contributed by atoms with Gasteiger partial charge in [0, 0.05) is 31.7 Å². The van der Waals surface area contributed by atoms with E-state index in [0.29, 0.717) is 0 Å². The van der Waals surface area contributed by atoms with Gasteiger partial charge in [-0.1, -0.05) is 57.2 Å². The highest BCUT2D eigenvalue weighted by molar-refractivity contribution is 5.94. The Bertz CT molecular complexity index is 718. The fourth-order valence-corrected chi connectivity index (χ4v) is 3.16. The van der Waals surface area contributed by atoms with Gasteiger partial charge in [-0.25, -0.2) is 0 Å². The van der Waals surface area contributed by atoms with Crippen LogP contribution in [0, 0.1) is 0 Å². The van der Waals surface area contributed by atoms with Crippen LogP contribution >= 0.6 is 0 Å². The molecule has 3 heteroatoms. The van der Waals surface area contributed by atoms with E-state index in [2.05, 4.69) is 69.1 Å². The molecule has 1 amide bonds. The monoisotopic (exact) mass is 336 g/mol. The van der Waals surface area contributed by atoms with Crippen LogP contribution in [0.4, 0.5) is 0 Å². The van der Waals surface area contributed by atoms with Gasteiger partial charge < -0.3 is 9.80 Å². The second-order valence-corrected chi connectivity index (χ2v) is 8.00. The zero-order chi connectivity index (χ0) is 18.0. The van der Waals surface area contributed by atoms with Gasteiger partial charge in [0.2, 0.25) is 0 Å². The minimum absolute atomic E-state index is 0.141. The largest absolute Gasteiger partial charge is 0.336 e. The second kappa shape index (κ2) is 7.01. The van der Waals surface area contributed by atoms with Crippen molar-refractivity contribution in [1.82, 2.24) is 9.80 Å². The van der Waals surface area contributed by atoms with Crippen LogP contribution in [0.25, 0.3) is 11.1 Å². The minimum atomic E-state index is 0.141. The van der Waals surface area contributed by atoms with Gasteiger partial charge in [-0.15, -0.1) is 0 Å². The molecule has 0 atom stereocenters. The number of hydrogen-bond acceptors (Lipinski definition) is 2. The van der Waals surface area contributed by atoms with Crippen LogP contribution in [0.5, 0.6) is 0 Å². The molecule has 2 aromatic rings. The Kier molecular flexibility index (Phi) is 4.96. The van der Waals surface area contributed by atoms with Crippen molar-refractivity contribution in [3.05, 3.63) is 59.7 Å². The average Bonchev–Trinajstić information content (AvgIpc) is 2.61. The third kappa shape index (κ3) is 4.10. The first-order chi connectivity index (χ1) is 11.8. The van der Waals surface area contributed by atoms with Gasteiger partial charge in [0.1, 0.15) is 0 Å². The number of carbonyl (C=O) groups excluding carboxylic acids is 1. The quantitative estimate of drug-likeness (QED) is 0.826. The van der Waals surface area contributed by atoms with Crippen molar-refractivity contribution in [1.29, 1.82) is 0 Å². The lowest BCUT2D eigenvalue weighted by Gasteiger charge is -2.32. The molecule has 0 unspecified atom stereocenters. The molecule has 0 bridgehead atoms. The van der Waals surface area contributed by atoms with Crippen molar-refractivity contribution in [2.24, 2.45) is 0 Å². The topological polar surface area (TPSA) is 23.6 Å². The number of carbonyl (C=O) groups is 1. The molecule has 3 nitrogen and oxygen atoms in total. The fourth-order valence-electron chi connectivity index (χ4n) is 3.16. The van der Waals surface area contributed by atoms with E-state index < -0.39 is 0 Å². The van der Waals surface area contributed by atoms with Gasteiger partial charge in [0.25, 0.3) is 5.91 Å². The summed E-state index contributed by atoms with van der Waals surface area (Å²) in [4.78, 5) is 16.8. The third-order valence-electron chi connectivity index (χ3n) is 5.01. The number of benzene rings is 2. The minimum Gasteiger partial charge on any atom is -0.336 e. The molecule has 1 aliphatic rings. The summed E-state index contributed by atoms with van der Waals surface area (Å²) < 4.78 is 0. The molecule has 0 aliphatic carbocycles. The van der Waals surface area contributed by atoms with Gasteiger partial charge in [-0.3, -0.25) is 4.79 Å². The van der Waals surface area contributed by atoms with Crippen molar-refractivity contribution >= 4 is 5.91 Å². The highest BCUT2D eigenvalue weighted by atomic mass is 16.2. The maximum Gasteiger partial charge on any atom is 0.253 e. The van der Waals surface area contributed by atoms with Crippen molar-refractivity contribution in [2.45, 2.75) is 26.2 Å². The molecule has 25 heavy (non-hydrogen) atoms. The summed E-state index contributed by atoms with van der Waals surface area (Å²) in [6, 6.07) is 16.7. The van der Waals surface area contributed by atoms with E-state index in [1.165, 1.54) is 11.1 Å². The molecule has 1 saturated heterocycles. The van der Waals surface area contributed by atoms with E-state index in [1.807, 2.05) is 17.0 Å². The first kappa shape index (κ1) is 17.7. The maximum atomic E-state index is 12.6. The molecule has 1 fully saturated rings. The van der Waals surface area contributed by atoms with E-state index in [0.717, 1.165) is 37.3 Å². The van der Waals surface area contributed by atoms with Crippen LogP contribution in [0.1, 0.15) is 36.7 Å². The lowest BCUT2D eigenvalue weighted by atomic mass is 9.86. The number of hydrogen-bond donors (Lipinski definition) is 0. The molecule has 1 heterocycles. The van der Waals surface area contributed by atoms with Crippen LogP contribution in [0.15, 0.2) is 48.5 Å². The van der Waals surface area contributed by atoms with E-state index >= 15 is 0 Å². The molecule has 0 N–H and O–H groups in total. The van der Waals surface area contributed by atoms with Crippen LogP contribution < -0.4 is 0 Å². The predicted octanol–water partition coefficient (Wildman–Crippen LogP) is 4.04. The van der Waals surface area contributed by atoms with Crippen molar-refractivity contribution in [2.75, 3.05) is 33.2 Å². The number of likely N-dealkylation sites (N-methyl/N-ethyl adjacent to an activating group) is 1. The zero-order valence-corrected chi connectivity index (χ0v) is 15.7. The molecule has 2 aromatic carbocycles. The fraction of sp³-hybridized carbons (Fsp3) is 0.409. The molecule has 0 radical (unpaired) electrons. The zero-order valence-electron chi connectivity index (χ0n) is 15.7. The molecular formula is C22H28N2O. The van der Waals surface area contributed by atoms with Crippen molar-refractivity contribution in [3.8, 4) is 11.1 Å². The van der Waals surface area contributed by atoms with E-state index in [-0.39, 0.29) is 11.3 Å². The summed E-state index contributed by atoms with van der Waals surface area (Å²) in [6.07, 6.45) is 0. The summed E-state index contributed by atoms with van der Waals surface area (Å²) in [5.41, 5.74) is 4.61. The summed E-state index contributed by atoms with van der Waals surface area (Å²) in [5, 5.41) is 0. The Hall–Kier alpha value is -2.13. The second-order valence-electron chi connectivity index (χ2n) is 8.00. The van der Waals surface area contributed by atoms with Gasteiger partial charge >= 0.3 is 0 Å². The van der Waals surface area contributed by atoms with Gasteiger partial charge in [0.15, 0.2) is 0 Å². The predicted molar refractivity (Wildman–Crippen MR) is 104 cm³/mol. The first-order valence-corrected chi connectivity index (χ1v) is 9.03. The number of amides is 1. The smallest absolute Gasteiger partial charge is 0.253 e. The first-order valence-electron chi connectivity index (χ1n) is 9.03. The van der Waals surface area contributed by atoms with Crippen LogP contribution in [-0.2, 0) is 5.41 Å². The highest BCUT2D eigenvalue weighted by Crippen LogP contribution is 2.26. The SMILES string of the molecule is CN1CCN(C(=O)c2ccc(-c3ccc(C(C)(C)C)cc3)cc2)CC1. The lowest BCUT2D eigenvalue weighted by Crippen LogP contribution is -2.47. The number of nitrogens with zero attached hydrogens (tertiary/aromatic N) is 2. The molecule has 132 valence electrons. The average molecular weight is 336 g/mol. The standard InChI is InChI=1S/C22H28N2O/c1-22(2,3)20-11-9-18(10-12-20)17-5-7-19(8-6-17)21(25)24-15-13-23(4)14-16-24/h5-12H,13-16H2,1-4H3. The van der Waals surface area contributed by atoms with Gasteiger partial charge in [-0.05, 0) is 41.3 Å². The van der Waals surface area contributed by atoms with Gasteiger partial charge in [-0.2, -0.15) is 0 Å². The molecular weight excluding hydrogens is 308 g/mol. The van der Waals surface area contributed by atoms with E-state index in [9.17, 15) is 4.79 Å². The third-order valence-corrected chi connectivity index (χ3v) is 5.01. The van der Waals surface area contributed by atoms with Gasteiger partial charge in [0.05, 0.1) is 0 Å². The molecule has 3 rings (SSSR count). The molecule has 0 spiro atoms.